The number of ether oxygens (including phenoxy) is 7. The number of aliphatic hydroxyl groups is 7. The zero-order valence-electron chi connectivity index (χ0n) is 33.7. The Morgan fingerprint density at radius 3 is 1.71 bits per heavy atom. The van der Waals surface area contributed by atoms with E-state index in [0.29, 0.717) is 71.8 Å². The second-order valence-electron chi connectivity index (χ2n) is 16.3. The van der Waals surface area contributed by atoms with Crippen LogP contribution in [0.1, 0.15) is 52.3 Å². The zero-order valence-corrected chi connectivity index (χ0v) is 35.3. The first-order chi connectivity index (χ1) is 29.9. The molecule has 16 heteroatoms. The van der Waals surface area contributed by atoms with E-state index in [1.807, 2.05) is 48.5 Å². The molecule has 0 aliphatic carbocycles. The van der Waals surface area contributed by atoms with Crippen LogP contribution in [-0.2, 0) is 42.3 Å². The Morgan fingerprint density at radius 1 is 0.613 bits per heavy atom. The quantitative estimate of drug-likeness (QED) is 0.0970. The maximum atomic E-state index is 11.7. The molecule has 4 heterocycles. The van der Waals surface area contributed by atoms with Crippen LogP contribution in [-0.4, -0.2) is 136 Å². The van der Waals surface area contributed by atoms with Crippen molar-refractivity contribution in [1.82, 2.24) is 0 Å². The monoisotopic (exact) mass is 898 g/mol. The third-order valence-electron chi connectivity index (χ3n) is 12.0. The lowest BCUT2D eigenvalue weighted by Crippen LogP contribution is -2.65. The van der Waals surface area contributed by atoms with Crippen molar-refractivity contribution in [3.8, 4) is 11.5 Å². The number of halogens is 2. The molecule has 12 atom stereocenters. The molecule has 4 aromatic rings. The summed E-state index contributed by atoms with van der Waals surface area (Å²) in [7, 11) is 0. The van der Waals surface area contributed by atoms with Crippen molar-refractivity contribution in [1.29, 1.82) is 0 Å². The average Bonchev–Trinajstić information content (AvgIpc) is 4.01. The van der Waals surface area contributed by atoms with Crippen molar-refractivity contribution in [2.45, 2.75) is 98.6 Å². The Bertz CT molecular complexity index is 2090. The van der Waals surface area contributed by atoms with Crippen LogP contribution in [0.4, 0.5) is 0 Å². The molecule has 0 bridgehead atoms. The van der Waals surface area contributed by atoms with Crippen molar-refractivity contribution in [3.63, 3.8) is 0 Å². The lowest BCUT2D eigenvalue weighted by atomic mass is 9.86. The van der Waals surface area contributed by atoms with Crippen LogP contribution in [0.15, 0.2) is 84.9 Å². The maximum Gasteiger partial charge on any atom is 0.225 e. The highest BCUT2D eigenvalue weighted by Crippen LogP contribution is 2.43. The summed E-state index contributed by atoms with van der Waals surface area (Å²) >= 11 is 13.4. The molecule has 0 spiro atoms. The van der Waals surface area contributed by atoms with Gasteiger partial charge >= 0.3 is 0 Å². The smallest absolute Gasteiger partial charge is 0.225 e. The van der Waals surface area contributed by atoms with Gasteiger partial charge in [0.15, 0.2) is 0 Å². The topological polar surface area (TPSA) is 206 Å². The minimum atomic E-state index is -2.26. The fourth-order valence-corrected chi connectivity index (χ4v) is 8.76. The van der Waals surface area contributed by atoms with Gasteiger partial charge in [-0.2, -0.15) is 0 Å². The van der Waals surface area contributed by atoms with Crippen molar-refractivity contribution in [3.05, 3.63) is 128 Å². The highest BCUT2D eigenvalue weighted by atomic mass is 35.5. The van der Waals surface area contributed by atoms with Crippen LogP contribution in [0.5, 0.6) is 11.5 Å². The number of aliphatic hydroxyl groups excluding tert-OH is 7. The molecule has 0 saturated carbocycles. The minimum Gasteiger partial charge on any atom is -0.488 e. The first kappa shape index (κ1) is 45.2. The molecule has 0 amide bonds. The molecular weight excluding hydrogens is 847 g/mol. The van der Waals surface area contributed by atoms with E-state index in [1.165, 1.54) is 6.07 Å². The lowest BCUT2D eigenvalue weighted by Gasteiger charge is -2.49. The molecular formula is C46H52Cl2O14. The summed E-state index contributed by atoms with van der Waals surface area (Å²) in [5, 5.41) is 78.3. The number of benzene rings is 4. The van der Waals surface area contributed by atoms with Gasteiger partial charge in [0.25, 0.3) is 0 Å². The minimum absolute atomic E-state index is 0.00978. The van der Waals surface area contributed by atoms with E-state index >= 15 is 0 Å². The Balaban J connectivity index is 1.02. The molecule has 4 saturated heterocycles. The third kappa shape index (κ3) is 9.80. The first-order valence-electron chi connectivity index (χ1n) is 20.8. The van der Waals surface area contributed by atoms with Crippen LogP contribution in [0.25, 0.3) is 0 Å². The van der Waals surface area contributed by atoms with Gasteiger partial charge in [0.05, 0.1) is 39.6 Å². The SMILES string of the molecule is OC[C@H]1OC(OCC2O[C@@H](c3ccc(Cl)c(Cc4ccc(O[C@H]5CCOC5)cc4)c3)[C@H](O)[C@@H](O)[C@@H]2O)(c2ccc(Cl)c(Cc3ccc(O[C@H]4CCOC4)cc3)c2)[C@H](O)[C@@H](O)[C@@H]1O. The highest BCUT2D eigenvalue weighted by molar-refractivity contribution is 6.31. The summed E-state index contributed by atoms with van der Waals surface area (Å²) in [5.74, 6) is -0.831. The van der Waals surface area contributed by atoms with E-state index in [-0.39, 0.29) is 17.8 Å². The van der Waals surface area contributed by atoms with Gasteiger partial charge in [-0.1, -0.05) is 65.7 Å². The van der Waals surface area contributed by atoms with Crippen molar-refractivity contribution < 1.29 is 68.9 Å². The third-order valence-corrected chi connectivity index (χ3v) is 12.7. The first-order valence-corrected chi connectivity index (χ1v) is 21.6. The fraction of sp³-hybridized carbons (Fsp3) is 0.478. The normalized spacial score (nSPS) is 32.5. The largest absolute Gasteiger partial charge is 0.488 e. The molecule has 62 heavy (non-hydrogen) atoms. The van der Waals surface area contributed by atoms with Crippen molar-refractivity contribution >= 4 is 23.2 Å². The molecule has 0 radical (unpaired) electrons. The number of hydrogen-bond donors (Lipinski definition) is 7. The summed E-state index contributed by atoms with van der Waals surface area (Å²) in [5.41, 5.74) is 3.77. The second kappa shape index (κ2) is 19.8. The summed E-state index contributed by atoms with van der Waals surface area (Å²) in [4.78, 5) is 0. The standard InChI is InChI=1S/C46H52Cl2O14/c47-35-11-5-27(19-28(35)17-25-1-7-31(8-2-25)59-33-13-15-56-22-33)44-42(53)41(52)40(51)38(61-44)24-58-46(45(55)43(54)39(50)37(21-49)62-46)30-6-12-36(48)29(20-30)18-26-3-9-32(10-4-26)60-34-14-16-57-23-34/h1-12,19-20,33-34,37-45,49-55H,13-18,21-24H2/t33-,34-,37+,38?,39+,40+,41-,42+,43-,44-,45+,46?/m0/s1. The highest BCUT2D eigenvalue weighted by Gasteiger charge is 2.57. The molecule has 0 aromatic heterocycles. The Kier molecular flexibility index (Phi) is 14.4. The average molecular weight is 900 g/mol. The van der Waals surface area contributed by atoms with Gasteiger partial charge in [-0.05, 0) is 83.1 Å². The summed E-state index contributed by atoms with van der Waals surface area (Å²) in [6, 6.07) is 25.0. The fourth-order valence-electron chi connectivity index (χ4n) is 8.39. The summed E-state index contributed by atoms with van der Waals surface area (Å²) in [6.07, 6.45) is -11.9. The molecule has 14 nitrogen and oxygen atoms in total. The summed E-state index contributed by atoms with van der Waals surface area (Å²) < 4.78 is 41.6. The Hall–Kier alpha value is -3.42. The van der Waals surface area contributed by atoms with Gasteiger partial charge in [0.2, 0.25) is 5.79 Å². The van der Waals surface area contributed by atoms with Gasteiger partial charge in [-0.3, -0.25) is 0 Å². The van der Waals surface area contributed by atoms with Crippen molar-refractivity contribution in [2.24, 2.45) is 0 Å². The molecule has 4 fully saturated rings. The van der Waals surface area contributed by atoms with E-state index < -0.39 is 73.9 Å². The summed E-state index contributed by atoms with van der Waals surface area (Å²) in [6.45, 7) is 1.11. The van der Waals surface area contributed by atoms with Crippen LogP contribution in [0.3, 0.4) is 0 Å². The predicted octanol–water partition coefficient (Wildman–Crippen LogP) is 3.38. The van der Waals surface area contributed by atoms with E-state index in [4.69, 9.17) is 56.4 Å². The molecule has 7 N–H and O–H groups in total. The van der Waals surface area contributed by atoms with Gasteiger partial charge in [0.1, 0.15) is 78.6 Å². The van der Waals surface area contributed by atoms with E-state index in [2.05, 4.69) is 0 Å². The van der Waals surface area contributed by atoms with Gasteiger partial charge in [-0.25, -0.2) is 0 Å². The van der Waals surface area contributed by atoms with Crippen LogP contribution < -0.4 is 9.47 Å². The number of rotatable bonds is 14. The van der Waals surface area contributed by atoms with E-state index in [0.717, 1.165) is 29.7 Å². The van der Waals surface area contributed by atoms with Gasteiger partial charge < -0.3 is 68.9 Å². The van der Waals surface area contributed by atoms with Gasteiger partial charge in [-0.15, -0.1) is 0 Å². The maximum absolute atomic E-state index is 11.7. The van der Waals surface area contributed by atoms with Crippen LogP contribution in [0, 0.1) is 0 Å². The molecule has 8 rings (SSSR count). The van der Waals surface area contributed by atoms with Crippen LogP contribution in [0.2, 0.25) is 10.0 Å². The Labute approximate surface area is 369 Å². The molecule has 4 aromatic carbocycles. The lowest BCUT2D eigenvalue weighted by molar-refractivity contribution is -0.381. The predicted molar refractivity (Wildman–Crippen MR) is 224 cm³/mol. The molecule has 2 unspecified atom stereocenters. The molecule has 334 valence electrons. The molecule has 4 aliphatic rings. The number of hydrogen-bond acceptors (Lipinski definition) is 14. The Morgan fingerprint density at radius 2 is 1.16 bits per heavy atom. The van der Waals surface area contributed by atoms with Crippen molar-refractivity contribution in [2.75, 3.05) is 39.6 Å². The van der Waals surface area contributed by atoms with E-state index in [1.54, 1.807) is 30.3 Å². The zero-order chi connectivity index (χ0) is 43.5. The van der Waals surface area contributed by atoms with Crippen LogP contribution >= 0.6 is 23.2 Å². The van der Waals surface area contributed by atoms with E-state index in [9.17, 15) is 35.7 Å². The second-order valence-corrected chi connectivity index (χ2v) is 17.1. The molecule has 4 aliphatic heterocycles. The van der Waals surface area contributed by atoms with Gasteiger partial charge in [0, 0.05) is 28.5 Å².